The summed E-state index contributed by atoms with van der Waals surface area (Å²) in [6.45, 7) is 0. The first kappa shape index (κ1) is 16.3. The zero-order chi connectivity index (χ0) is 18.8. The highest BCUT2D eigenvalue weighted by molar-refractivity contribution is 5.79. The van der Waals surface area contributed by atoms with Gasteiger partial charge in [-0.2, -0.15) is 0 Å². The highest BCUT2D eigenvalue weighted by Gasteiger charge is 2.07. The number of aromatic amines is 1. The van der Waals surface area contributed by atoms with Crippen molar-refractivity contribution < 1.29 is 4.42 Å². The summed E-state index contributed by atoms with van der Waals surface area (Å²) in [4.78, 5) is 12.2. The van der Waals surface area contributed by atoms with Crippen molar-refractivity contribution in [2.45, 2.75) is 6.42 Å². The van der Waals surface area contributed by atoms with Gasteiger partial charge in [0.25, 0.3) is 0 Å². The third-order valence-electron chi connectivity index (χ3n) is 4.68. The van der Waals surface area contributed by atoms with Gasteiger partial charge in [-0.15, -0.1) is 0 Å². The first-order chi connectivity index (χ1) is 13.8. The topological polar surface area (TPSA) is 59.6 Å². The second kappa shape index (κ2) is 7.04. The summed E-state index contributed by atoms with van der Waals surface area (Å²) >= 11 is 0. The van der Waals surface area contributed by atoms with Gasteiger partial charge in [0, 0.05) is 18.1 Å². The molecule has 5 heteroatoms. The summed E-state index contributed by atoms with van der Waals surface area (Å²) in [6, 6.07) is 18.5. The maximum atomic E-state index is 5.32. The summed E-state index contributed by atoms with van der Waals surface area (Å²) in [5.41, 5.74) is 5.58. The first-order valence-corrected chi connectivity index (χ1v) is 9.12. The molecule has 0 aliphatic rings. The lowest BCUT2D eigenvalue weighted by Crippen LogP contribution is -1.98. The van der Waals surface area contributed by atoms with Crippen LogP contribution in [0.25, 0.3) is 28.9 Å². The molecule has 0 bridgehead atoms. The van der Waals surface area contributed by atoms with Crippen LogP contribution in [-0.2, 0) is 6.42 Å². The molecule has 0 spiro atoms. The van der Waals surface area contributed by atoms with Crippen LogP contribution in [0.15, 0.2) is 84.0 Å². The molecule has 136 valence electrons. The van der Waals surface area contributed by atoms with Crippen LogP contribution in [0.5, 0.6) is 0 Å². The standard InChI is InChI=1S/C23H18N4O/c1-2-6-22(27-12-11-24-16-27)18(4-1)14-17-7-9-20-21(15-17)26-23(25-20)10-8-19-5-3-13-28-19/h1-13,15-16H,14H2,(H,25,26). The molecule has 0 radical (unpaired) electrons. The molecule has 5 rings (SSSR count). The summed E-state index contributed by atoms with van der Waals surface area (Å²) in [7, 11) is 0. The number of hydrogen-bond acceptors (Lipinski definition) is 3. The number of H-pyrrole nitrogens is 1. The smallest absolute Gasteiger partial charge is 0.131 e. The highest BCUT2D eigenvalue weighted by atomic mass is 16.3. The van der Waals surface area contributed by atoms with Gasteiger partial charge in [-0.3, -0.25) is 0 Å². The van der Waals surface area contributed by atoms with Crippen molar-refractivity contribution in [2.24, 2.45) is 0 Å². The highest BCUT2D eigenvalue weighted by Crippen LogP contribution is 2.21. The van der Waals surface area contributed by atoms with E-state index < -0.39 is 0 Å². The number of aromatic nitrogens is 4. The van der Waals surface area contributed by atoms with Crippen LogP contribution >= 0.6 is 0 Å². The van der Waals surface area contributed by atoms with Crippen LogP contribution in [0.4, 0.5) is 0 Å². The predicted octanol–water partition coefficient (Wildman–Crippen LogP) is 5.10. The zero-order valence-corrected chi connectivity index (χ0v) is 15.1. The number of fused-ring (bicyclic) bond motifs is 1. The monoisotopic (exact) mass is 366 g/mol. The van der Waals surface area contributed by atoms with Crippen molar-refractivity contribution in [1.29, 1.82) is 0 Å². The molecule has 0 aliphatic heterocycles. The van der Waals surface area contributed by atoms with E-state index in [1.54, 1.807) is 12.5 Å². The Hall–Kier alpha value is -3.86. The van der Waals surface area contributed by atoms with Crippen LogP contribution in [-0.4, -0.2) is 19.5 Å². The number of hydrogen-bond donors (Lipinski definition) is 1. The lowest BCUT2D eigenvalue weighted by molar-refractivity contribution is 0.557. The summed E-state index contributed by atoms with van der Waals surface area (Å²) in [6.07, 6.45) is 11.9. The Morgan fingerprint density at radius 1 is 1.04 bits per heavy atom. The Morgan fingerprint density at radius 2 is 2.00 bits per heavy atom. The molecule has 0 saturated heterocycles. The van der Waals surface area contributed by atoms with Crippen LogP contribution < -0.4 is 0 Å². The van der Waals surface area contributed by atoms with E-state index in [0.717, 1.165) is 34.7 Å². The van der Waals surface area contributed by atoms with Crippen LogP contribution in [0.2, 0.25) is 0 Å². The van der Waals surface area contributed by atoms with Crippen LogP contribution in [0, 0.1) is 0 Å². The van der Waals surface area contributed by atoms with Gasteiger partial charge in [-0.1, -0.05) is 24.3 Å². The van der Waals surface area contributed by atoms with E-state index in [9.17, 15) is 0 Å². The van der Waals surface area contributed by atoms with E-state index in [1.165, 1.54) is 11.1 Å². The number of benzene rings is 2. The predicted molar refractivity (Wildman–Crippen MR) is 110 cm³/mol. The Labute approximate surface area is 162 Å². The Bertz CT molecular complexity index is 1230. The molecule has 3 aromatic heterocycles. The molecule has 28 heavy (non-hydrogen) atoms. The molecule has 3 heterocycles. The fourth-order valence-corrected chi connectivity index (χ4v) is 3.34. The van der Waals surface area contributed by atoms with Crippen molar-refractivity contribution in [1.82, 2.24) is 19.5 Å². The van der Waals surface area contributed by atoms with Gasteiger partial charge in [-0.05, 0) is 60.0 Å². The molecule has 5 nitrogen and oxygen atoms in total. The normalized spacial score (nSPS) is 11.6. The van der Waals surface area contributed by atoms with Gasteiger partial charge in [0.2, 0.25) is 0 Å². The average Bonchev–Trinajstić information content (AvgIpc) is 3.47. The van der Waals surface area contributed by atoms with Crippen LogP contribution in [0.1, 0.15) is 22.7 Å². The van der Waals surface area contributed by atoms with Crippen molar-refractivity contribution in [3.63, 3.8) is 0 Å². The van der Waals surface area contributed by atoms with Gasteiger partial charge >= 0.3 is 0 Å². The summed E-state index contributed by atoms with van der Waals surface area (Å²) in [5, 5.41) is 0. The fraction of sp³-hybridized carbons (Fsp3) is 0.0435. The second-order valence-electron chi connectivity index (χ2n) is 6.60. The average molecular weight is 366 g/mol. The van der Waals surface area contributed by atoms with Crippen molar-refractivity contribution in [3.05, 3.63) is 102 Å². The number of nitrogens with one attached hydrogen (secondary N) is 1. The minimum absolute atomic E-state index is 0.803. The van der Waals surface area contributed by atoms with Crippen molar-refractivity contribution >= 4 is 23.2 Å². The Morgan fingerprint density at radius 3 is 2.86 bits per heavy atom. The fourth-order valence-electron chi connectivity index (χ4n) is 3.34. The summed E-state index contributed by atoms with van der Waals surface area (Å²) < 4.78 is 7.36. The molecular formula is C23H18N4O. The molecule has 0 fully saturated rings. The maximum absolute atomic E-state index is 5.32. The third kappa shape index (κ3) is 3.25. The largest absolute Gasteiger partial charge is 0.465 e. The molecule has 5 aromatic rings. The Kier molecular flexibility index (Phi) is 4.10. The van der Waals surface area contributed by atoms with Crippen molar-refractivity contribution in [2.75, 3.05) is 0 Å². The summed E-state index contributed by atoms with van der Waals surface area (Å²) in [5.74, 6) is 1.61. The molecule has 2 aromatic carbocycles. The maximum Gasteiger partial charge on any atom is 0.131 e. The van der Waals surface area contributed by atoms with Gasteiger partial charge in [-0.25, -0.2) is 9.97 Å². The number of furan rings is 1. The SMILES string of the molecule is C(=Cc1ccco1)c1nc2cc(Cc3ccccc3-n3ccnc3)ccc2[nH]1. The number of para-hydroxylation sites is 1. The number of imidazole rings is 2. The second-order valence-corrected chi connectivity index (χ2v) is 6.60. The molecule has 0 aliphatic carbocycles. The first-order valence-electron chi connectivity index (χ1n) is 9.12. The van der Waals surface area contributed by atoms with E-state index in [0.29, 0.717) is 0 Å². The van der Waals surface area contributed by atoms with Gasteiger partial charge in [0.15, 0.2) is 0 Å². The van der Waals surface area contributed by atoms with Gasteiger partial charge in [0.05, 0.1) is 23.6 Å². The number of nitrogens with zero attached hydrogens (tertiary/aromatic N) is 3. The molecule has 1 N–H and O–H groups in total. The lowest BCUT2D eigenvalue weighted by Gasteiger charge is -2.10. The molecular weight excluding hydrogens is 348 g/mol. The lowest BCUT2D eigenvalue weighted by atomic mass is 10.0. The third-order valence-corrected chi connectivity index (χ3v) is 4.68. The Balaban J connectivity index is 1.43. The van der Waals surface area contributed by atoms with Gasteiger partial charge < -0.3 is 14.0 Å². The quantitative estimate of drug-likeness (QED) is 0.471. The molecule has 0 amide bonds. The van der Waals surface area contributed by atoms with E-state index in [1.807, 2.05) is 47.4 Å². The molecule has 0 saturated carbocycles. The molecule has 0 atom stereocenters. The van der Waals surface area contributed by atoms with Crippen LogP contribution in [0.3, 0.4) is 0 Å². The van der Waals surface area contributed by atoms with E-state index >= 15 is 0 Å². The molecule has 0 unspecified atom stereocenters. The van der Waals surface area contributed by atoms with Crippen molar-refractivity contribution in [3.8, 4) is 5.69 Å². The van der Waals surface area contributed by atoms with E-state index in [4.69, 9.17) is 4.42 Å². The van der Waals surface area contributed by atoms with E-state index in [-0.39, 0.29) is 0 Å². The minimum atomic E-state index is 0.803. The minimum Gasteiger partial charge on any atom is -0.465 e. The van der Waals surface area contributed by atoms with Gasteiger partial charge in [0.1, 0.15) is 11.6 Å². The van der Waals surface area contributed by atoms with E-state index in [2.05, 4.69) is 51.4 Å². The number of rotatable bonds is 5. The zero-order valence-electron chi connectivity index (χ0n) is 15.1.